The third-order valence-corrected chi connectivity index (χ3v) is 8.59. The second kappa shape index (κ2) is 47.3. The van der Waals surface area contributed by atoms with Crippen LogP contribution in [0.3, 0.4) is 0 Å². The van der Waals surface area contributed by atoms with Crippen LogP contribution in [0.5, 0.6) is 0 Å². The van der Waals surface area contributed by atoms with Gasteiger partial charge in [0.05, 0.1) is 0 Å². The van der Waals surface area contributed by atoms with Gasteiger partial charge in [-0.2, -0.15) is 0 Å². The van der Waals surface area contributed by atoms with E-state index in [1.807, 2.05) is 13.8 Å². The lowest BCUT2D eigenvalue weighted by Gasteiger charge is -2.12. The van der Waals surface area contributed by atoms with E-state index in [0.717, 1.165) is 12.5 Å². The number of nitrogens with one attached hydrogen (secondary N) is 1. The van der Waals surface area contributed by atoms with Crippen LogP contribution in [0.1, 0.15) is 249 Å². The van der Waals surface area contributed by atoms with E-state index < -0.39 is 0 Å². The van der Waals surface area contributed by atoms with Crippen LogP contribution in [0.25, 0.3) is 0 Å². The molecule has 1 unspecified atom stereocenters. The molecule has 0 fully saturated rings. The first-order valence-corrected chi connectivity index (χ1v) is 20.6. The SMILES string of the molecule is CC.CCC(C)(C)C.CCCCCCCCCCCCCCCO.CCCCCCCCCCCCCNC(C)CCCC. The summed E-state index contributed by atoms with van der Waals surface area (Å²) >= 11 is 0. The van der Waals surface area contributed by atoms with Crippen LogP contribution in [0.15, 0.2) is 0 Å². The predicted molar refractivity (Wildman–Crippen MR) is 207 cm³/mol. The van der Waals surface area contributed by atoms with E-state index >= 15 is 0 Å². The maximum atomic E-state index is 8.63. The molecule has 0 aromatic carbocycles. The molecule has 0 bridgehead atoms. The smallest absolute Gasteiger partial charge is 0.0431 e. The van der Waals surface area contributed by atoms with Crippen LogP contribution in [0.2, 0.25) is 0 Å². The minimum Gasteiger partial charge on any atom is -0.396 e. The van der Waals surface area contributed by atoms with E-state index in [4.69, 9.17) is 5.11 Å². The Morgan fingerprint density at radius 2 is 0.727 bits per heavy atom. The van der Waals surface area contributed by atoms with Crippen molar-refractivity contribution in [3.05, 3.63) is 0 Å². The average molecular weight is 628 g/mol. The van der Waals surface area contributed by atoms with Gasteiger partial charge in [0.25, 0.3) is 0 Å². The van der Waals surface area contributed by atoms with E-state index in [1.54, 1.807) is 0 Å². The van der Waals surface area contributed by atoms with E-state index in [0.29, 0.717) is 12.0 Å². The highest BCUT2D eigenvalue weighted by Gasteiger charge is 2.03. The molecule has 44 heavy (non-hydrogen) atoms. The van der Waals surface area contributed by atoms with Gasteiger partial charge in [0, 0.05) is 12.6 Å². The Hall–Kier alpha value is -0.0800. The van der Waals surface area contributed by atoms with Gasteiger partial charge in [-0.1, -0.05) is 223 Å². The van der Waals surface area contributed by atoms with E-state index in [9.17, 15) is 0 Å². The lowest BCUT2D eigenvalue weighted by molar-refractivity contribution is 0.282. The van der Waals surface area contributed by atoms with Crippen LogP contribution in [-0.2, 0) is 0 Å². The van der Waals surface area contributed by atoms with Crippen molar-refractivity contribution in [1.82, 2.24) is 5.32 Å². The summed E-state index contributed by atoms with van der Waals surface area (Å²) in [5.74, 6) is 0. The predicted octanol–water partition coefficient (Wildman–Crippen LogP) is 15.0. The molecular formula is C42H93NO. The maximum Gasteiger partial charge on any atom is 0.0431 e. The molecule has 0 heterocycles. The monoisotopic (exact) mass is 628 g/mol. The molecule has 0 radical (unpaired) electrons. The first-order chi connectivity index (χ1) is 21.3. The summed E-state index contributed by atoms with van der Waals surface area (Å²) in [6.07, 6.45) is 38.8. The largest absolute Gasteiger partial charge is 0.396 e. The fraction of sp³-hybridized carbons (Fsp3) is 1.00. The van der Waals surface area contributed by atoms with Gasteiger partial charge in [-0.25, -0.2) is 0 Å². The van der Waals surface area contributed by atoms with Crippen LogP contribution in [0, 0.1) is 5.41 Å². The van der Waals surface area contributed by atoms with Gasteiger partial charge in [0.2, 0.25) is 0 Å². The van der Waals surface area contributed by atoms with Crippen molar-refractivity contribution >= 4 is 0 Å². The molecule has 0 rings (SSSR count). The van der Waals surface area contributed by atoms with Gasteiger partial charge >= 0.3 is 0 Å². The second-order valence-electron chi connectivity index (χ2n) is 14.4. The van der Waals surface area contributed by atoms with Crippen molar-refractivity contribution in [3.8, 4) is 0 Å². The minimum atomic E-state index is 0.373. The zero-order chi connectivity index (χ0) is 34.0. The Morgan fingerprint density at radius 3 is 1.00 bits per heavy atom. The molecule has 0 aromatic rings. The molecule has 0 aliphatic rings. The quantitative estimate of drug-likeness (QED) is 0.0809. The van der Waals surface area contributed by atoms with Gasteiger partial charge in [-0.3, -0.25) is 0 Å². The molecule has 0 amide bonds. The zero-order valence-electron chi connectivity index (χ0n) is 33.2. The van der Waals surface area contributed by atoms with Gasteiger partial charge in [-0.05, 0) is 38.1 Å². The summed E-state index contributed by atoms with van der Waals surface area (Å²) in [6.45, 7) is 23.7. The highest BCUT2D eigenvalue weighted by molar-refractivity contribution is 4.60. The number of rotatable bonds is 29. The molecule has 2 N–H and O–H groups in total. The number of hydrogen-bond acceptors (Lipinski definition) is 2. The summed E-state index contributed by atoms with van der Waals surface area (Å²) < 4.78 is 0. The summed E-state index contributed by atoms with van der Waals surface area (Å²) in [4.78, 5) is 0. The fourth-order valence-corrected chi connectivity index (χ4v) is 4.88. The van der Waals surface area contributed by atoms with Crippen LogP contribution in [-0.4, -0.2) is 24.3 Å². The van der Waals surface area contributed by atoms with Crippen molar-refractivity contribution in [3.63, 3.8) is 0 Å². The topological polar surface area (TPSA) is 32.3 Å². The molecule has 0 saturated heterocycles. The van der Waals surface area contributed by atoms with Crippen molar-refractivity contribution in [2.24, 2.45) is 5.41 Å². The molecule has 2 nitrogen and oxygen atoms in total. The second-order valence-corrected chi connectivity index (χ2v) is 14.4. The number of unbranched alkanes of at least 4 members (excludes halogenated alkanes) is 23. The van der Waals surface area contributed by atoms with Gasteiger partial charge < -0.3 is 10.4 Å². The summed E-state index contributed by atoms with van der Waals surface area (Å²) in [5.41, 5.74) is 0.542. The highest BCUT2D eigenvalue weighted by atomic mass is 16.2. The molecule has 2 heteroatoms. The molecule has 272 valence electrons. The highest BCUT2D eigenvalue weighted by Crippen LogP contribution is 2.16. The van der Waals surface area contributed by atoms with Gasteiger partial charge in [0.1, 0.15) is 0 Å². The summed E-state index contributed by atoms with van der Waals surface area (Å²) in [6, 6.07) is 0.720. The van der Waals surface area contributed by atoms with Crippen LogP contribution in [0.4, 0.5) is 0 Å². The minimum absolute atomic E-state index is 0.373. The lowest BCUT2D eigenvalue weighted by Crippen LogP contribution is -2.26. The summed E-state index contributed by atoms with van der Waals surface area (Å²) in [7, 11) is 0. The summed E-state index contributed by atoms with van der Waals surface area (Å²) in [5, 5.41) is 12.3. The van der Waals surface area contributed by atoms with E-state index in [-0.39, 0.29) is 0 Å². The third-order valence-electron chi connectivity index (χ3n) is 8.59. The lowest BCUT2D eigenvalue weighted by atomic mass is 9.94. The molecule has 0 aliphatic heterocycles. The van der Waals surface area contributed by atoms with Crippen molar-refractivity contribution in [2.75, 3.05) is 13.2 Å². The number of aliphatic hydroxyl groups is 1. The van der Waals surface area contributed by atoms with Gasteiger partial charge in [0.15, 0.2) is 0 Å². The Labute approximate surface area is 283 Å². The van der Waals surface area contributed by atoms with Crippen LogP contribution < -0.4 is 5.32 Å². The van der Waals surface area contributed by atoms with Crippen molar-refractivity contribution in [1.29, 1.82) is 0 Å². The maximum absolute atomic E-state index is 8.63. The molecule has 0 aromatic heterocycles. The first-order valence-electron chi connectivity index (χ1n) is 20.6. The Bertz CT molecular complexity index is 416. The van der Waals surface area contributed by atoms with Crippen molar-refractivity contribution in [2.45, 2.75) is 255 Å². The van der Waals surface area contributed by atoms with Crippen molar-refractivity contribution < 1.29 is 5.11 Å². The molecule has 1 atom stereocenters. The number of aliphatic hydroxyl groups excluding tert-OH is 1. The number of hydrogen-bond donors (Lipinski definition) is 2. The molecular weight excluding hydrogens is 534 g/mol. The van der Waals surface area contributed by atoms with E-state index in [1.165, 1.54) is 180 Å². The standard InChI is InChI=1S/C19H41N.C15H32O.C6H14.C2H6/c1-4-6-8-9-10-11-12-13-14-15-16-18-20-19(3)17-7-5-2;1-2-3-4-5-6-7-8-9-10-11-12-13-14-15-16;1-5-6(2,3)4;1-2/h19-20H,4-18H2,1-3H3;16H,2-15H2,1H3;5H2,1-4H3;1-2H3. The Balaban J connectivity index is -0.000000297. The average Bonchev–Trinajstić information content (AvgIpc) is 3.02. The fourth-order valence-electron chi connectivity index (χ4n) is 4.88. The molecule has 0 saturated carbocycles. The normalized spacial score (nSPS) is 11.5. The molecule has 0 aliphatic carbocycles. The van der Waals surface area contributed by atoms with E-state index in [2.05, 4.69) is 60.7 Å². The Morgan fingerprint density at radius 1 is 0.455 bits per heavy atom. The zero-order valence-corrected chi connectivity index (χ0v) is 33.2. The Kier molecular flexibility index (Phi) is 54.6. The van der Waals surface area contributed by atoms with Crippen LogP contribution >= 0.6 is 0 Å². The first kappa shape index (κ1) is 50.8. The third kappa shape index (κ3) is 61.0. The molecule has 0 spiro atoms. The van der Waals surface area contributed by atoms with Gasteiger partial charge in [-0.15, -0.1) is 0 Å².